The number of benzene rings is 2. The van der Waals surface area contributed by atoms with E-state index in [0.717, 1.165) is 32.8 Å². The zero-order valence-electron chi connectivity index (χ0n) is 18.7. The molecular formula is C26H22N6OS. The van der Waals surface area contributed by atoms with Gasteiger partial charge < -0.3 is 16.0 Å². The van der Waals surface area contributed by atoms with E-state index in [2.05, 4.69) is 30.9 Å². The molecule has 0 aliphatic rings. The molecule has 8 heteroatoms. The number of hydrogen-bond donors (Lipinski definition) is 3. The average Bonchev–Trinajstić information content (AvgIpc) is 3.25. The highest BCUT2D eigenvalue weighted by atomic mass is 32.1. The molecule has 5 rings (SSSR count). The van der Waals surface area contributed by atoms with Gasteiger partial charge in [0.1, 0.15) is 23.3 Å². The molecule has 0 aliphatic heterocycles. The van der Waals surface area contributed by atoms with Crippen LogP contribution < -0.4 is 16.0 Å². The molecule has 0 radical (unpaired) electrons. The van der Waals surface area contributed by atoms with E-state index in [4.69, 9.17) is 0 Å². The minimum atomic E-state index is -0.117. The Hall–Kier alpha value is -4.30. The molecule has 0 unspecified atom stereocenters. The molecule has 34 heavy (non-hydrogen) atoms. The van der Waals surface area contributed by atoms with E-state index in [0.29, 0.717) is 22.3 Å². The summed E-state index contributed by atoms with van der Waals surface area (Å²) in [5.74, 6) is 2.55. The summed E-state index contributed by atoms with van der Waals surface area (Å²) in [6, 6.07) is 23.1. The summed E-state index contributed by atoms with van der Waals surface area (Å²) in [6.45, 7) is 3.85. The second-order valence-electron chi connectivity index (χ2n) is 7.83. The van der Waals surface area contributed by atoms with Gasteiger partial charge in [0.15, 0.2) is 0 Å². The van der Waals surface area contributed by atoms with Crippen molar-refractivity contribution < 1.29 is 4.79 Å². The first-order chi connectivity index (χ1) is 16.5. The summed E-state index contributed by atoms with van der Waals surface area (Å²) in [6.07, 6.45) is 1.76. The van der Waals surface area contributed by atoms with Crippen LogP contribution in [0.2, 0.25) is 0 Å². The van der Waals surface area contributed by atoms with Crippen LogP contribution >= 0.6 is 11.3 Å². The summed E-state index contributed by atoms with van der Waals surface area (Å²) in [5, 5.41) is 10.5. The Kier molecular flexibility index (Phi) is 5.88. The van der Waals surface area contributed by atoms with Crippen molar-refractivity contribution in [2.24, 2.45) is 0 Å². The lowest BCUT2D eigenvalue weighted by atomic mass is 10.2. The van der Waals surface area contributed by atoms with Gasteiger partial charge in [0, 0.05) is 28.3 Å². The van der Waals surface area contributed by atoms with E-state index in [1.807, 2.05) is 86.6 Å². The molecule has 2 aromatic carbocycles. The fourth-order valence-electron chi connectivity index (χ4n) is 3.50. The molecule has 0 fully saturated rings. The van der Waals surface area contributed by atoms with Crippen LogP contribution in [-0.4, -0.2) is 20.9 Å². The molecule has 0 aliphatic carbocycles. The predicted molar refractivity (Wildman–Crippen MR) is 139 cm³/mol. The molecule has 0 saturated heterocycles. The van der Waals surface area contributed by atoms with Crippen molar-refractivity contribution in [3.05, 3.63) is 95.3 Å². The minimum absolute atomic E-state index is 0.117. The van der Waals surface area contributed by atoms with Gasteiger partial charge >= 0.3 is 0 Å². The first-order valence-electron chi connectivity index (χ1n) is 10.7. The van der Waals surface area contributed by atoms with Crippen LogP contribution in [-0.2, 0) is 0 Å². The quantitative estimate of drug-likeness (QED) is 0.267. The maximum atomic E-state index is 12.7. The zero-order valence-corrected chi connectivity index (χ0v) is 19.5. The van der Waals surface area contributed by atoms with E-state index in [1.54, 1.807) is 6.20 Å². The number of aryl methyl sites for hydroxylation is 2. The Labute approximate surface area is 200 Å². The largest absolute Gasteiger partial charge is 0.340 e. The van der Waals surface area contributed by atoms with E-state index in [-0.39, 0.29) is 5.91 Å². The predicted octanol–water partition coefficient (Wildman–Crippen LogP) is 6.44. The number of carbonyl (C=O) groups is 1. The number of aromatic nitrogens is 3. The molecular weight excluding hydrogens is 444 g/mol. The number of rotatable bonds is 6. The second kappa shape index (κ2) is 9.29. The summed E-state index contributed by atoms with van der Waals surface area (Å²) in [4.78, 5) is 26.6. The fourth-order valence-corrected chi connectivity index (χ4v) is 4.46. The van der Waals surface area contributed by atoms with Gasteiger partial charge in [0.25, 0.3) is 5.91 Å². The maximum absolute atomic E-state index is 12.7. The van der Waals surface area contributed by atoms with Gasteiger partial charge in [-0.05, 0) is 73.3 Å². The summed E-state index contributed by atoms with van der Waals surface area (Å²) in [5.41, 5.74) is 2.68. The van der Waals surface area contributed by atoms with Crippen molar-refractivity contribution in [1.29, 1.82) is 0 Å². The Bertz CT molecular complexity index is 1450. The number of nitrogens with zero attached hydrogens (tertiary/aromatic N) is 3. The van der Waals surface area contributed by atoms with Crippen LogP contribution in [0.1, 0.15) is 21.1 Å². The summed E-state index contributed by atoms with van der Waals surface area (Å²) < 4.78 is 1.10. The van der Waals surface area contributed by atoms with E-state index in [1.165, 1.54) is 11.3 Å². The van der Waals surface area contributed by atoms with Crippen molar-refractivity contribution in [3.63, 3.8) is 0 Å². The Morgan fingerprint density at radius 2 is 1.53 bits per heavy atom. The van der Waals surface area contributed by atoms with Gasteiger partial charge in [0.05, 0.1) is 4.88 Å². The Morgan fingerprint density at radius 3 is 2.29 bits per heavy atom. The van der Waals surface area contributed by atoms with E-state index in [9.17, 15) is 4.79 Å². The molecule has 0 atom stereocenters. The third-order valence-electron chi connectivity index (χ3n) is 5.07. The van der Waals surface area contributed by atoms with Gasteiger partial charge in [-0.15, -0.1) is 11.3 Å². The molecule has 7 nitrogen and oxygen atoms in total. The third kappa shape index (κ3) is 5.02. The number of hydrogen-bond acceptors (Lipinski definition) is 7. The monoisotopic (exact) mass is 466 g/mol. The lowest BCUT2D eigenvalue weighted by Gasteiger charge is -2.11. The van der Waals surface area contributed by atoms with Crippen LogP contribution in [0.15, 0.2) is 79.0 Å². The molecule has 0 saturated carbocycles. The first kappa shape index (κ1) is 21.5. The molecule has 168 valence electrons. The number of carbonyl (C=O) groups excluding carboxylic acids is 1. The highest BCUT2D eigenvalue weighted by molar-refractivity contribution is 7.20. The molecule has 1 amide bonds. The van der Waals surface area contributed by atoms with E-state index < -0.39 is 0 Å². The molecule has 0 spiro atoms. The van der Waals surface area contributed by atoms with Crippen LogP contribution in [0.4, 0.5) is 28.8 Å². The molecule has 0 bridgehead atoms. The van der Waals surface area contributed by atoms with Gasteiger partial charge in [-0.3, -0.25) is 4.79 Å². The summed E-state index contributed by atoms with van der Waals surface area (Å²) in [7, 11) is 0. The Balaban J connectivity index is 1.26. The van der Waals surface area contributed by atoms with Gasteiger partial charge in [-0.2, -0.15) is 0 Å². The van der Waals surface area contributed by atoms with Crippen LogP contribution in [0.5, 0.6) is 0 Å². The second-order valence-corrected chi connectivity index (χ2v) is 8.92. The third-order valence-corrected chi connectivity index (χ3v) is 6.19. The van der Waals surface area contributed by atoms with Crippen molar-refractivity contribution >= 4 is 56.2 Å². The van der Waals surface area contributed by atoms with Gasteiger partial charge in [0.2, 0.25) is 0 Å². The topological polar surface area (TPSA) is 91.8 Å². The smallest absolute Gasteiger partial charge is 0.265 e. The van der Waals surface area contributed by atoms with Crippen molar-refractivity contribution in [2.75, 3.05) is 16.0 Å². The first-order valence-corrected chi connectivity index (χ1v) is 11.6. The Morgan fingerprint density at radius 1 is 0.794 bits per heavy atom. The average molecular weight is 467 g/mol. The van der Waals surface area contributed by atoms with E-state index >= 15 is 0 Å². The SMILES string of the molecule is Cc1ccnc(Nc2cc(Nc3ccc(NC(=O)c4cc5ccccc5s4)cc3)nc(C)n2)c1. The lowest BCUT2D eigenvalue weighted by Crippen LogP contribution is -2.09. The van der Waals surface area contributed by atoms with Crippen LogP contribution in [0.3, 0.4) is 0 Å². The van der Waals surface area contributed by atoms with Crippen molar-refractivity contribution in [3.8, 4) is 0 Å². The molecule has 3 heterocycles. The number of nitrogens with one attached hydrogen (secondary N) is 3. The number of pyridine rings is 1. The fraction of sp³-hybridized carbons (Fsp3) is 0.0769. The highest BCUT2D eigenvalue weighted by Crippen LogP contribution is 2.26. The van der Waals surface area contributed by atoms with Crippen molar-refractivity contribution in [1.82, 2.24) is 15.0 Å². The van der Waals surface area contributed by atoms with Crippen LogP contribution in [0, 0.1) is 13.8 Å². The summed E-state index contributed by atoms with van der Waals surface area (Å²) >= 11 is 1.48. The number of amides is 1. The highest BCUT2D eigenvalue weighted by Gasteiger charge is 2.11. The minimum Gasteiger partial charge on any atom is -0.340 e. The van der Waals surface area contributed by atoms with Gasteiger partial charge in [-0.1, -0.05) is 18.2 Å². The van der Waals surface area contributed by atoms with Crippen molar-refractivity contribution in [2.45, 2.75) is 13.8 Å². The standard InChI is InChI=1S/C26H22N6OS/c1-16-11-12-27-23(13-16)32-25-15-24(28-17(2)29-25)30-19-7-9-20(10-8-19)31-26(33)22-14-18-5-3-4-6-21(18)34-22/h3-15H,1-2H3,(H,31,33)(H2,27,28,29,30,32). The zero-order chi connectivity index (χ0) is 23.5. The number of thiophene rings is 1. The molecule has 3 aromatic heterocycles. The lowest BCUT2D eigenvalue weighted by molar-refractivity contribution is 0.103. The molecule has 5 aromatic rings. The number of anilines is 5. The maximum Gasteiger partial charge on any atom is 0.265 e. The van der Waals surface area contributed by atoms with Gasteiger partial charge in [-0.25, -0.2) is 15.0 Å². The normalized spacial score (nSPS) is 10.8. The van der Waals surface area contributed by atoms with Crippen LogP contribution in [0.25, 0.3) is 10.1 Å². The number of fused-ring (bicyclic) bond motifs is 1. The molecule has 3 N–H and O–H groups in total.